The third-order valence-corrected chi connectivity index (χ3v) is 11.1. The van der Waals surface area contributed by atoms with Crippen molar-refractivity contribution in [1.29, 1.82) is 0 Å². The first-order valence-corrected chi connectivity index (χ1v) is 26.1. The number of aliphatic hydroxyl groups is 2. The van der Waals surface area contributed by atoms with Crippen LogP contribution in [-0.2, 0) is 14.3 Å². The van der Waals surface area contributed by atoms with Crippen LogP contribution in [0.3, 0.4) is 0 Å². The Balaban J connectivity index is 4.79. The zero-order chi connectivity index (χ0) is 46.7. The van der Waals surface area contributed by atoms with Crippen LogP contribution in [0.4, 0.5) is 0 Å². The van der Waals surface area contributed by atoms with Crippen LogP contribution in [0.2, 0.25) is 0 Å². The number of unbranched alkanes of at least 4 members (excludes halogenated alkanes) is 15. The van der Waals surface area contributed by atoms with E-state index in [1.807, 2.05) is 6.08 Å². The predicted molar refractivity (Wildman–Crippen MR) is 277 cm³/mol. The Morgan fingerprint density at radius 3 is 1.30 bits per heavy atom. The van der Waals surface area contributed by atoms with E-state index in [0.29, 0.717) is 19.3 Å². The molecule has 0 aromatic carbocycles. The van der Waals surface area contributed by atoms with Gasteiger partial charge in [0.2, 0.25) is 5.91 Å². The maximum absolute atomic E-state index is 13.2. The summed E-state index contributed by atoms with van der Waals surface area (Å²) in [7, 11) is 0. The number of rotatable bonds is 45. The van der Waals surface area contributed by atoms with E-state index in [1.165, 1.54) is 77.0 Å². The van der Waals surface area contributed by atoms with Gasteiger partial charge in [-0.05, 0) is 103 Å². The Morgan fingerprint density at radius 2 is 0.844 bits per heavy atom. The van der Waals surface area contributed by atoms with Crippen molar-refractivity contribution in [2.75, 3.05) is 6.61 Å². The lowest BCUT2D eigenvalue weighted by Gasteiger charge is -2.24. The number of carbonyl (C=O) groups excluding carboxylic acids is 2. The van der Waals surface area contributed by atoms with E-state index in [2.05, 4.69) is 129 Å². The van der Waals surface area contributed by atoms with Gasteiger partial charge in [0.15, 0.2) is 0 Å². The van der Waals surface area contributed by atoms with Gasteiger partial charge in [-0.3, -0.25) is 9.59 Å². The first-order chi connectivity index (χ1) is 31.5. The first kappa shape index (κ1) is 60.5. The van der Waals surface area contributed by atoms with Crippen molar-refractivity contribution in [3.05, 3.63) is 109 Å². The van der Waals surface area contributed by atoms with Crippen LogP contribution in [0.5, 0.6) is 0 Å². The van der Waals surface area contributed by atoms with E-state index >= 15 is 0 Å². The molecule has 0 bridgehead atoms. The summed E-state index contributed by atoms with van der Waals surface area (Å²) in [5.74, 6) is -0.621. The van der Waals surface area contributed by atoms with Crippen LogP contribution in [0.1, 0.15) is 220 Å². The molecular formula is C58H97NO5. The van der Waals surface area contributed by atoms with Crippen LogP contribution in [0.15, 0.2) is 109 Å². The smallest absolute Gasteiger partial charge is 0.306 e. The highest BCUT2D eigenvalue weighted by atomic mass is 16.5. The van der Waals surface area contributed by atoms with E-state index in [1.54, 1.807) is 0 Å². The molecule has 1 amide bonds. The zero-order valence-electron chi connectivity index (χ0n) is 41.4. The predicted octanol–water partition coefficient (Wildman–Crippen LogP) is 15.9. The quantitative estimate of drug-likeness (QED) is 0.0322. The summed E-state index contributed by atoms with van der Waals surface area (Å²) in [5, 5.41) is 23.7. The van der Waals surface area contributed by atoms with Gasteiger partial charge < -0.3 is 20.3 Å². The van der Waals surface area contributed by atoms with Gasteiger partial charge >= 0.3 is 5.97 Å². The molecule has 0 saturated heterocycles. The molecule has 0 spiro atoms. The van der Waals surface area contributed by atoms with Gasteiger partial charge in [-0.1, -0.05) is 214 Å². The molecule has 0 aliphatic heterocycles. The number of nitrogens with one attached hydrogen (secondary N) is 1. The third kappa shape index (κ3) is 45.1. The minimum absolute atomic E-state index is 0.0149. The molecule has 0 radical (unpaired) electrons. The van der Waals surface area contributed by atoms with E-state index in [-0.39, 0.29) is 31.3 Å². The minimum Gasteiger partial charge on any atom is -0.462 e. The number of allylic oxidation sites excluding steroid dienone is 18. The molecule has 64 heavy (non-hydrogen) atoms. The number of carbonyl (C=O) groups is 2. The van der Waals surface area contributed by atoms with Crippen LogP contribution in [-0.4, -0.2) is 46.9 Å². The minimum atomic E-state index is -0.816. The maximum atomic E-state index is 13.2. The molecule has 0 heterocycles. The topological polar surface area (TPSA) is 95.9 Å². The molecule has 0 rings (SSSR count). The molecular weight excluding hydrogens is 791 g/mol. The summed E-state index contributed by atoms with van der Waals surface area (Å²) in [6.45, 7) is 6.30. The van der Waals surface area contributed by atoms with Gasteiger partial charge in [-0.15, -0.1) is 0 Å². The third-order valence-electron chi connectivity index (χ3n) is 11.1. The zero-order valence-corrected chi connectivity index (χ0v) is 41.4. The lowest BCUT2D eigenvalue weighted by atomic mass is 10.0. The monoisotopic (exact) mass is 888 g/mol. The van der Waals surface area contributed by atoms with Crippen molar-refractivity contribution in [2.45, 2.75) is 238 Å². The Bertz CT molecular complexity index is 1320. The summed E-state index contributed by atoms with van der Waals surface area (Å²) in [5.41, 5.74) is 0. The van der Waals surface area contributed by atoms with E-state index in [0.717, 1.165) is 89.9 Å². The molecule has 6 nitrogen and oxygen atoms in total. The number of aliphatic hydroxyl groups excluding tert-OH is 2. The fourth-order valence-electron chi connectivity index (χ4n) is 7.17. The van der Waals surface area contributed by atoms with Crippen molar-refractivity contribution >= 4 is 11.9 Å². The van der Waals surface area contributed by atoms with E-state index < -0.39 is 18.2 Å². The molecule has 0 aromatic rings. The summed E-state index contributed by atoms with van der Waals surface area (Å²) < 4.78 is 5.87. The lowest BCUT2D eigenvalue weighted by molar-refractivity contribution is -0.150. The summed E-state index contributed by atoms with van der Waals surface area (Å²) >= 11 is 0. The molecule has 0 aliphatic carbocycles. The van der Waals surface area contributed by atoms with Gasteiger partial charge in [0.1, 0.15) is 6.10 Å². The second kappa shape index (κ2) is 50.5. The number of hydrogen-bond acceptors (Lipinski definition) is 5. The van der Waals surface area contributed by atoms with Crippen molar-refractivity contribution in [2.24, 2.45) is 0 Å². The van der Waals surface area contributed by atoms with E-state index in [9.17, 15) is 19.8 Å². The average molecular weight is 888 g/mol. The lowest BCUT2D eigenvalue weighted by Crippen LogP contribution is -2.46. The Labute approximate surface area is 394 Å². The van der Waals surface area contributed by atoms with Crippen LogP contribution >= 0.6 is 0 Å². The molecule has 3 N–H and O–H groups in total. The number of ether oxygens (including phenoxy) is 1. The maximum Gasteiger partial charge on any atom is 0.306 e. The first-order valence-electron chi connectivity index (χ1n) is 26.1. The van der Waals surface area contributed by atoms with Crippen LogP contribution in [0.25, 0.3) is 0 Å². The molecule has 0 aromatic heterocycles. The van der Waals surface area contributed by atoms with E-state index in [4.69, 9.17) is 4.74 Å². The Morgan fingerprint density at radius 1 is 0.469 bits per heavy atom. The van der Waals surface area contributed by atoms with Crippen LogP contribution < -0.4 is 5.32 Å². The Hall–Kier alpha value is -3.48. The van der Waals surface area contributed by atoms with Crippen molar-refractivity contribution < 1.29 is 24.5 Å². The number of hydrogen-bond donors (Lipinski definition) is 3. The van der Waals surface area contributed by atoms with Gasteiger partial charge in [0.25, 0.3) is 0 Å². The second-order valence-corrected chi connectivity index (χ2v) is 17.2. The SMILES string of the molecule is CC/C=C\C/C=C\C/C=C\C/C=C\C/C=C\C/C=C\CCC(=O)OC(CCCC/C=C\C/C=C\C/C=C\CCCCC)CC(=O)NC(CO)C(O)CCCCCCCCCCCCC. The van der Waals surface area contributed by atoms with Crippen molar-refractivity contribution in [1.82, 2.24) is 5.32 Å². The molecule has 0 fully saturated rings. The average Bonchev–Trinajstić information content (AvgIpc) is 3.29. The molecule has 364 valence electrons. The highest BCUT2D eigenvalue weighted by molar-refractivity contribution is 5.77. The molecule has 3 atom stereocenters. The largest absolute Gasteiger partial charge is 0.462 e. The normalized spacial score (nSPS) is 14.1. The van der Waals surface area contributed by atoms with Gasteiger partial charge in [-0.25, -0.2) is 0 Å². The standard InChI is InChI=1S/C58H97NO5/c1-4-7-10-13-16-19-22-24-26-27-28-29-31-33-36-39-42-45-48-51-58(63)64-54(49-46-43-40-37-35-32-30-25-23-20-17-14-11-8-5-2)52-57(62)59-55(53-60)56(61)50-47-44-41-38-34-21-18-15-12-9-6-3/h7,10,16-17,19-20,24-26,28-30,33,35-37,42,45,54-56,60-61H,4-6,8-9,11-15,18,21-23,27,31-32,34,38-41,43-44,46-53H2,1-3H3,(H,59,62)/b10-7-,19-16-,20-17-,26-24-,29-28-,30-25-,36-33-,37-35-,45-42-. The summed E-state index contributed by atoms with van der Waals surface area (Å²) in [6.07, 6.45) is 68.7. The van der Waals surface area contributed by atoms with Crippen molar-refractivity contribution in [3.63, 3.8) is 0 Å². The van der Waals surface area contributed by atoms with Gasteiger partial charge in [0, 0.05) is 6.42 Å². The highest BCUT2D eigenvalue weighted by Gasteiger charge is 2.24. The second-order valence-electron chi connectivity index (χ2n) is 17.2. The fourth-order valence-corrected chi connectivity index (χ4v) is 7.17. The molecule has 0 saturated carbocycles. The van der Waals surface area contributed by atoms with Gasteiger partial charge in [0.05, 0.1) is 25.2 Å². The molecule has 0 aliphatic rings. The summed E-state index contributed by atoms with van der Waals surface area (Å²) in [6, 6.07) is -0.735. The van der Waals surface area contributed by atoms with Gasteiger partial charge in [-0.2, -0.15) is 0 Å². The fraction of sp³-hybridized carbons (Fsp3) is 0.655. The molecule has 6 heteroatoms. The van der Waals surface area contributed by atoms with Crippen molar-refractivity contribution in [3.8, 4) is 0 Å². The highest BCUT2D eigenvalue weighted by Crippen LogP contribution is 2.16. The summed E-state index contributed by atoms with van der Waals surface area (Å²) in [4.78, 5) is 26.1. The number of esters is 1. The Kier molecular flexibility index (Phi) is 47.8. The number of amides is 1. The van der Waals surface area contributed by atoms with Crippen LogP contribution in [0, 0.1) is 0 Å². The molecule has 3 unspecified atom stereocenters.